The van der Waals surface area contributed by atoms with Crippen LogP contribution in [0.3, 0.4) is 0 Å². The first kappa shape index (κ1) is 18.2. The third kappa shape index (κ3) is 7.77. The van der Waals surface area contributed by atoms with Gasteiger partial charge in [-0.15, -0.1) is 6.54 Å². The van der Waals surface area contributed by atoms with Gasteiger partial charge in [0.25, 0.3) is 0 Å². The van der Waals surface area contributed by atoms with Crippen LogP contribution in [0.15, 0.2) is 36.4 Å². The molecule has 0 spiro atoms. The molecule has 1 saturated heterocycles. The zero-order valence-corrected chi connectivity index (χ0v) is 15.3. The number of nitrogens with zero attached hydrogens (tertiary/aromatic N) is 1. The van der Waals surface area contributed by atoms with Gasteiger partial charge in [0.15, 0.2) is 0 Å². The van der Waals surface area contributed by atoms with Gasteiger partial charge in [-0.05, 0) is 0 Å². The maximum Gasteiger partial charge on any atom is -0.0623 e. The molecule has 1 aliphatic heterocycles. The van der Waals surface area contributed by atoms with Crippen LogP contribution in [0.25, 0.3) is 5.32 Å². The molecule has 2 fully saturated rings. The molecular formula is C17H25ClNOs-2. The van der Waals surface area contributed by atoms with Crippen LogP contribution in [0.2, 0.25) is 0 Å². The third-order valence-electron chi connectivity index (χ3n) is 3.89. The molecule has 0 aromatic heterocycles. The molecule has 0 radical (unpaired) electrons. The first-order valence-electron chi connectivity index (χ1n) is 7.60. The smallest absolute Gasteiger partial charge is 0.0623 e. The van der Waals surface area contributed by atoms with Gasteiger partial charge in [0, 0.05) is 0 Å². The molecule has 3 rings (SSSR count). The van der Waals surface area contributed by atoms with E-state index in [0.717, 1.165) is 12.5 Å². The summed E-state index contributed by atoms with van der Waals surface area (Å²) in [7, 11) is 4.67. The molecule has 115 valence electrons. The maximum absolute atomic E-state index is 4.72. The molecule has 3 heteroatoms. The molecule has 0 N–H and O–H groups in total. The van der Waals surface area contributed by atoms with E-state index in [2.05, 4.69) is 16.1 Å². The molecule has 1 aromatic rings. The van der Waals surface area contributed by atoms with Crippen LogP contribution in [0.5, 0.6) is 0 Å². The van der Waals surface area contributed by atoms with Crippen molar-refractivity contribution in [2.45, 2.75) is 51.0 Å². The molecule has 20 heavy (non-hydrogen) atoms. The summed E-state index contributed by atoms with van der Waals surface area (Å²) in [5, 5.41) is 4.72. The molecule has 1 nitrogen and oxygen atoms in total. The van der Waals surface area contributed by atoms with Crippen molar-refractivity contribution >= 4 is 9.64 Å². The van der Waals surface area contributed by atoms with Crippen LogP contribution in [0.1, 0.15) is 44.9 Å². The van der Waals surface area contributed by atoms with Crippen molar-refractivity contribution in [1.82, 2.24) is 0 Å². The SMILES string of the molecule is [CH-]1CCCCC1C1CCCC[N-]1.[Cl][Os].c1ccccc1. The predicted octanol–water partition coefficient (Wildman–Crippen LogP) is 5.68. The van der Waals surface area contributed by atoms with E-state index in [1.807, 2.05) is 36.4 Å². The van der Waals surface area contributed by atoms with Crippen LogP contribution >= 0.6 is 9.64 Å². The van der Waals surface area contributed by atoms with E-state index in [0.29, 0.717) is 6.04 Å². The van der Waals surface area contributed by atoms with E-state index in [1.54, 1.807) is 0 Å². The summed E-state index contributed by atoms with van der Waals surface area (Å²) in [6.07, 6.45) is 12.3. The monoisotopic (exact) mass is 470 g/mol. The minimum atomic E-state index is 0.707. The van der Waals surface area contributed by atoms with Gasteiger partial charge in [0.05, 0.1) is 0 Å². The number of hydrogen-bond acceptors (Lipinski definition) is 0. The van der Waals surface area contributed by atoms with Gasteiger partial charge < -0.3 is 11.7 Å². The minimum Gasteiger partial charge on any atom is -0.0623 e. The van der Waals surface area contributed by atoms with Crippen molar-refractivity contribution < 1.29 is 17.6 Å². The Balaban J connectivity index is 0.000000211. The average molecular weight is 469 g/mol. The van der Waals surface area contributed by atoms with Crippen molar-refractivity contribution in [2.75, 3.05) is 6.54 Å². The fraction of sp³-hybridized carbons (Fsp3) is 0.588. The number of piperidine rings is 1. The van der Waals surface area contributed by atoms with E-state index in [1.165, 1.54) is 62.5 Å². The van der Waals surface area contributed by atoms with Crippen LogP contribution in [-0.2, 0) is 17.6 Å². The van der Waals surface area contributed by atoms with E-state index < -0.39 is 0 Å². The van der Waals surface area contributed by atoms with Gasteiger partial charge in [0.2, 0.25) is 0 Å². The second-order valence-electron chi connectivity index (χ2n) is 5.31. The van der Waals surface area contributed by atoms with Gasteiger partial charge in [-0.25, -0.2) is 0 Å². The summed E-state index contributed by atoms with van der Waals surface area (Å²) in [6.45, 7) is 1.13. The Morgan fingerprint density at radius 3 is 1.90 bits per heavy atom. The van der Waals surface area contributed by atoms with E-state index in [4.69, 9.17) is 5.32 Å². The molecule has 2 atom stereocenters. The first-order valence-corrected chi connectivity index (χ1v) is 10.7. The van der Waals surface area contributed by atoms with Crippen molar-refractivity contribution in [1.29, 1.82) is 0 Å². The molecule has 0 bridgehead atoms. The van der Waals surface area contributed by atoms with Crippen LogP contribution in [0, 0.1) is 12.3 Å². The summed E-state index contributed by atoms with van der Waals surface area (Å²) in [4.78, 5) is 0. The van der Waals surface area contributed by atoms with E-state index in [-0.39, 0.29) is 0 Å². The Hall–Kier alpha value is 0.106. The molecule has 1 saturated carbocycles. The number of halogens is 1. The third-order valence-corrected chi connectivity index (χ3v) is 3.89. The van der Waals surface area contributed by atoms with Gasteiger partial charge in [-0.2, -0.15) is 18.4 Å². The Morgan fingerprint density at radius 2 is 1.45 bits per heavy atom. The summed E-state index contributed by atoms with van der Waals surface area (Å²) >= 11 is 1.33. The van der Waals surface area contributed by atoms with Crippen LogP contribution in [0.4, 0.5) is 0 Å². The zero-order chi connectivity index (χ0) is 14.5. The number of rotatable bonds is 1. The molecule has 1 aromatic carbocycles. The molecule has 1 heterocycles. The van der Waals surface area contributed by atoms with Crippen LogP contribution < -0.4 is 0 Å². The Labute approximate surface area is 138 Å². The van der Waals surface area contributed by atoms with Gasteiger partial charge >= 0.3 is 27.2 Å². The normalized spacial score (nSPS) is 25.5. The second-order valence-corrected chi connectivity index (χ2v) is 5.31. The Morgan fingerprint density at radius 1 is 0.850 bits per heavy atom. The van der Waals surface area contributed by atoms with E-state index in [9.17, 15) is 0 Å². The standard InChI is InChI=1S/C11H19N.C6H6.ClH.Os/c1-2-6-10(7-3-1)11-8-4-5-9-12-11;1-2-4-6-5-3-1;;/h6,10-11H,1-5,7-9H2;1-6H;1H;/q-2;;;+1/p-1. The Bertz CT molecular complexity index is 252. The summed E-state index contributed by atoms with van der Waals surface area (Å²) in [5.74, 6) is 0.846. The first-order chi connectivity index (χ1) is 9.97. The fourth-order valence-corrected chi connectivity index (χ4v) is 2.87. The number of hydrogen-bond donors (Lipinski definition) is 0. The molecular weight excluding hydrogens is 444 g/mol. The molecule has 2 unspecified atom stereocenters. The summed E-state index contributed by atoms with van der Waals surface area (Å²) < 4.78 is 0. The number of benzene rings is 1. The van der Waals surface area contributed by atoms with Crippen molar-refractivity contribution in [3.8, 4) is 0 Å². The largest absolute Gasteiger partial charge is 0.0623 e. The quantitative estimate of drug-likeness (QED) is 0.471. The topological polar surface area (TPSA) is 14.1 Å². The minimum absolute atomic E-state index is 0.707. The summed E-state index contributed by atoms with van der Waals surface area (Å²) in [6, 6.07) is 12.7. The molecule has 1 aliphatic carbocycles. The molecule has 0 amide bonds. The van der Waals surface area contributed by atoms with Gasteiger partial charge in [-0.3, -0.25) is 0 Å². The zero-order valence-electron chi connectivity index (χ0n) is 12.0. The van der Waals surface area contributed by atoms with Crippen molar-refractivity contribution in [2.24, 2.45) is 5.92 Å². The second kappa shape index (κ2) is 12.8. The fourth-order valence-electron chi connectivity index (χ4n) is 2.87. The van der Waals surface area contributed by atoms with Crippen LogP contribution in [-0.4, -0.2) is 12.6 Å². The van der Waals surface area contributed by atoms with Crippen molar-refractivity contribution in [3.63, 3.8) is 0 Å². The van der Waals surface area contributed by atoms with Crippen molar-refractivity contribution in [3.05, 3.63) is 48.1 Å². The van der Waals surface area contributed by atoms with Gasteiger partial charge in [-0.1, -0.05) is 74.9 Å². The van der Waals surface area contributed by atoms with Gasteiger partial charge in [0.1, 0.15) is 0 Å². The predicted molar refractivity (Wildman–Crippen MR) is 84.4 cm³/mol. The van der Waals surface area contributed by atoms with E-state index >= 15 is 0 Å². The summed E-state index contributed by atoms with van der Waals surface area (Å²) in [5.41, 5.74) is 0. The average Bonchev–Trinajstić information content (AvgIpc) is 2.60. The molecule has 2 aliphatic rings. The maximum atomic E-state index is 4.72. The Kier molecular flexibility index (Phi) is 11.6.